The van der Waals surface area contributed by atoms with Crippen LogP contribution < -0.4 is 5.32 Å². The van der Waals surface area contributed by atoms with Crippen molar-refractivity contribution in [1.82, 2.24) is 19.9 Å². The molecule has 0 spiro atoms. The topological polar surface area (TPSA) is 42.7 Å². The van der Waals surface area contributed by atoms with Crippen molar-refractivity contribution < 1.29 is 0 Å². The van der Waals surface area contributed by atoms with Crippen molar-refractivity contribution in [2.24, 2.45) is 0 Å². The molecule has 96 valence electrons. The van der Waals surface area contributed by atoms with Crippen molar-refractivity contribution in [3.8, 4) is 5.69 Å². The Hall–Kier alpha value is -1.68. The van der Waals surface area contributed by atoms with Crippen molar-refractivity contribution in [1.29, 1.82) is 0 Å². The van der Waals surface area contributed by atoms with Gasteiger partial charge in [-0.2, -0.15) is 0 Å². The highest BCUT2D eigenvalue weighted by molar-refractivity contribution is 5.40. The number of nitrogens with zero attached hydrogens (tertiary/aromatic N) is 3. The zero-order valence-electron chi connectivity index (χ0n) is 11.3. The predicted molar refractivity (Wildman–Crippen MR) is 72.8 cm³/mol. The maximum atomic E-state index is 4.34. The first-order chi connectivity index (χ1) is 8.74. The van der Waals surface area contributed by atoms with Gasteiger partial charge in [0.25, 0.3) is 0 Å². The van der Waals surface area contributed by atoms with Gasteiger partial charge in [-0.1, -0.05) is 6.92 Å². The van der Waals surface area contributed by atoms with E-state index in [0.29, 0.717) is 0 Å². The SMILES string of the molecule is CCCNCc1ccncc1-n1cnc(C)c1C. The van der Waals surface area contributed by atoms with Gasteiger partial charge >= 0.3 is 0 Å². The van der Waals surface area contributed by atoms with Crippen LogP contribution >= 0.6 is 0 Å². The lowest BCUT2D eigenvalue weighted by Crippen LogP contribution is -2.15. The fraction of sp³-hybridized carbons (Fsp3) is 0.429. The van der Waals surface area contributed by atoms with Crippen molar-refractivity contribution in [3.63, 3.8) is 0 Å². The van der Waals surface area contributed by atoms with Gasteiger partial charge in [0.1, 0.15) is 0 Å². The van der Waals surface area contributed by atoms with Crippen LogP contribution in [0.2, 0.25) is 0 Å². The van der Waals surface area contributed by atoms with Crippen LogP contribution in [0.4, 0.5) is 0 Å². The summed E-state index contributed by atoms with van der Waals surface area (Å²) in [5.41, 5.74) is 4.59. The van der Waals surface area contributed by atoms with Crippen LogP contribution in [-0.4, -0.2) is 21.1 Å². The number of hydrogen-bond donors (Lipinski definition) is 1. The molecule has 0 aromatic carbocycles. The Morgan fingerprint density at radius 2 is 2.17 bits per heavy atom. The van der Waals surface area contributed by atoms with Crippen LogP contribution in [0.3, 0.4) is 0 Å². The minimum Gasteiger partial charge on any atom is -0.313 e. The van der Waals surface area contributed by atoms with E-state index in [0.717, 1.165) is 30.9 Å². The molecule has 0 aliphatic carbocycles. The van der Waals surface area contributed by atoms with Crippen molar-refractivity contribution in [3.05, 3.63) is 41.7 Å². The summed E-state index contributed by atoms with van der Waals surface area (Å²) < 4.78 is 2.10. The summed E-state index contributed by atoms with van der Waals surface area (Å²) in [6.45, 7) is 8.17. The molecular formula is C14H20N4. The first kappa shape index (κ1) is 12.8. The number of hydrogen-bond acceptors (Lipinski definition) is 3. The molecule has 2 heterocycles. The molecule has 0 amide bonds. The molecule has 4 heteroatoms. The second-order valence-corrected chi connectivity index (χ2v) is 4.47. The van der Waals surface area contributed by atoms with Crippen LogP contribution in [0.5, 0.6) is 0 Å². The third-order valence-corrected chi connectivity index (χ3v) is 3.14. The van der Waals surface area contributed by atoms with Crippen molar-refractivity contribution >= 4 is 0 Å². The summed E-state index contributed by atoms with van der Waals surface area (Å²) in [6.07, 6.45) is 6.75. The van der Waals surface area contributed by atoms with E-state index in [1.54, 1.807) is 0 Å². The molecule has 2 aromatic heterocycles. The smallest absolute Gasteiger partial charge is 0.0998 e. The lowest BCUT2D eigenvalue weighted by Gasteiger charge is -2.12. The van der Waals surface area contributed by atoms with Crippen LogP contribution in [0.25, 0.3) is 5.69 Å². The summed E-state index contributed by atoms with van der Waals surface area (Å²) in [5.74, 6) is 0. The van der Waals surface area contributed by atoms with Gasteiger partial charge in [-0.15, -0.1) is 0 Å². The Labute approximate surface area is 108 Å². The number of pyridine rings is 1. The number of aromatic nitrogens is 3. The van der Waals surface area contributed by atoms with E-state index in [1.165, 1.54) is 11.3 Å². The average molecular weight is 244 g/mol. The Balaban J connectivity index is 2.30. The van der Waals surface area contributed by atoms with Gasteiger partial charge in [-0.3, -0.25) is 4.98 Å². The first-order valence-corrected chi connectivity index (χ1v) is 6.38. The van der Waals surface area contributed by atoms with Crippen LogP contribution in [0.1, 0.15) is 30.3 Å². The maximum absolute atomic E-state index is 4.34. The van der Waals surface area contributed by atoms with Gasteiger partial charge in [-0.25, -0.2) is 4.98 Å². The molecule has 0 unspecified atom stereocenters. The average Bonchev–Trinajstić information content (AvgIpc) is 2.71. The molecule has 4 nitrogen and oxygen atoms in total. The second kappa shape index (κ2) is 5.78. The minimum atomic E-state index is 0.863. The summed E-state index contributed by atoms with van der Waals surface area (Å²) in [7, 11) is 0. The van der Waals surface area contributed by atoms with E-state index >= 15 is 0 Å². The molecule has 18 heavy (non-hydrogen) atoms. The number of nitrogens with one attached hydrogen (secondary N) is 1. The summed E-state index contributed by atoms with van der Waals surface area (Å²) in [5, 5.41) is 3.43. The standard InChI is InChI=1S/C14H20N4/c1-4-6-15-8-13-5-7-16-9-14(13)18-10-17-11(2)12(18)3/h5,7,9-10,15H,4,6,8H2,1-3H3. The van der Waals surface area contributed by atoms with Gasteiger partial charge in [0.15, 0.2) is 0 Å². The van der Waals surface area contributed by atoms with Crippen LogP contribution in [0.15, 0.2) is 24.8 Å². The number of rotatable bonds is 5. The van der Waals surface area contributed by atoms with Gasteiger partial charge in [0.05, 0.1) is 23.9 Å². The fourth-order valence-corrected chi connectivity index (χ4v) is 1.92. The van der Waals surface area contributed by atoms with Crippen molar-refractivity contribution in [2.75, 3.05) is 6.54 Å². The van der Waals surface area contributed by atoms with Gasteiger partial charge in [0.2, 0.25) is 0 Å². The van der Waals surface area contributed by atoms with Crippen molar-refractivity contribution in [2.45, 2.75) is 33.7 Å². The predicted octanol–water partition coefficient (Wildman–Crippen LogP) is 2.38. The summed E-state index contributed by atoms with van der Waals surface area (Å²) in [6, 6.07) is 2.06. The zero-order valence-corrected chi connectivity index (χ0v) is 11.3. The lowest BCUT2D eigenvalue weighted by molar-refractivity contribution is 0.671. The molecule has 0 fully saturated rings. The van der Waals surface area contributed by atoms with E-state index in [2.05, 4.69) is 39.8 Å². The Bertz CT molecular complexity index is 516. The summed E-state index contributed by atoms with van der Waals surface area (Å²) >= 11 is 0. The van der Waals surface area contributed by atoms with Gasteiger partial charge in [0, 0.05) is 18.4 Å². The number of aryl methyl sites for hydroxylation is 1. The molecule has 0 radical (unpaired) electrons. The molecule has 0 aliphatic heterocycles. The molecule has 2 rings (SSSR count). The first-order valence-electron chi connectivity index (χ1n) is 6.38. The molecule has 0 saturated carbocycles. The Kier molecular flexibility index (Phi) is 4.10. The van der Waals surface area contributed by atoms with E-state index < -0.39 is 0 Å². The van der Waals surface area contributed by atoms with Gasteiger partial charge in [-0.05, 0) is 38.4 Å². The maximum Gasteiger partial charge on any atom is 0.0998 e. The molecular weight excluding hydrogens is 224 g/mol. The van der Waals surface area contributed by atoms with E-state index in [1.807, 2.05) is 25.6 Å². The molecule has 0 atom stereocenters. The molecule has 2 aromatic rings. The minimum absolute atomic E-state index is 0.863. The molecule has 0 aliphatic rings. The lowest BCUT2D eigenvalue weighted by atomic mass is 10.2. The highest BCUT2D eigenvalue weighted by Crippen LogP contribution is 2.16. The van der Waals surface area contributed by atoms with E-state index in [9.17, 15) is 0 Å². The van der Waals surface area contributed by atoms with Gasteiger partial charge < -0.3 is 9.88 Å². The summed E-state index contributed by atoms with van der Waals surface area (Å²) in [4.78, 5) is 8.57. The zero-order chi connectivity index (χ0) is 13.0. The van der Waals surface area contributed by atoms with E-state index in [4.69, 9.17) is 0 Å². The van der Waals surface area contributed by atoms with E-state index in [-0.39, 0.29) is 0 Å². The normalized spacial score (nSPS) is 10.8. The molecule has 0 saturated heterocycles. The molecule has 1 N–H and O–H groups in total. The van der Waals surface area contributed by atoms with Crippen LogP contribution in [-0.2, 0) is 6.54 Å². The fourth-order valence-electron chi connectivity index (χ4n) is 1.92. The Morgan fingerprint density at radius 1 is 1.33 bits per heavy atom. The largest absolute Gasteiger partial charge is 0.313 e. The number of imidazole rings is 1. The highest BCUT2D eigenvalue weighted by atomic mass is 15.1. The van der Waals surface area contributed by atoms with Crippen LogP contribution in [0, 0.1) is 13.8 Å². The monoisotopic (exact) mass is 244 g/mol. The highest BCUT2D eigenvalue weighted by Gasteiger charge is 2.08. The third kappa shape index (κ3) is 2.59. The molecule has 0 bridgehead atoms. The second-order valence-electron chi connectivity index (χ2n) is 4.47. The quantitative estimate of drug-likeness (QED) is 0.821. The Morgan fingerprint density at radius 3 is 2.83 bits per heavy atom. The third-order valence-electron chi connectivity index (χ3n) is 3.14.